The summed E-state index contributed by atoms with van der Waals surface area (Å²) in [4.78, 5) is 71.1. The lowest BCUT2D eigenvalue weighted by Gasteiger charge is -2.45. The van der Waals surface area contributed by atoms with Crippen molar-refractivity contribution in [3.05, 3.63) is 0 Å². The highest BCUT2D eigenvalue weighted by Gasteiger charge is 2.64. The van der Waals surface area contributed by atoms with Gasteiger partial charge in [-0.25, -0.2) is 0 Å². The molecular formula is C24H34O17. The summed E-state index contributed by atoms with van der Waals surface area (Å²) >= 11 is 0. The molecule has 0 aromatic carbocycles. The zero-order valence-electron chi connectivity index (χ0n) is 23.3. The molecule has 0 bridgehead atoms. The van der Waals surface area contributed by atoms with Crippen molar-refractivity contribution in [3.63, 3.8) is 0 Å². The SMILES string of the molecule is CC(=O)OC[C@H]1O[C@H](O[C@]2(COC(C)=O)O[C@H](CO)[C@@H](OC(C)=O)[C@@H]2OC(C)=O)[C@H](OC(C)=O)[C@@H](OC(C)=O)[C@@H]1O. The minimum absolute atomic E-state index is 0.582. The zero-order chi connectivity index (χ0) is 31.1. The van der Waals surface area contributed by atoms with Crippen LogP contribution >= 0.6 is 0 Å². The van der Waals surface area contributed by atoms with Crippen molar-refractivity contribution in [1.82, 2.24) is 0 Å². The number of carbonyl (C=O) groups is 6. The van der Waals surface area contributed by atoms with Gasteiger partial charge < -0.3 is 52.8 Å². The first kappa shape index (κ1) is 33.8. The Hall–Kier alpha value is -3.38. The fourth-order valence-corrected chi connectivity index (χ4v) is 4.25. The molecular weight excluding hydrogens is 560 g/mol. The first-order valence-corrected chi connectivity index (χ1v) is 12.4. The molecule has 2 fully saturated rings. The third kappa shape index (κ3) is 9.06. The highest BCUT2D eigenvalue weighted by Crippen LogP contribution is 2.40. The molecule has 2 N–H and O–H groups in total. The maximum Gasteiger partial charge on any atom is 0.303 e. The largest absolute Gasteiger partial charge is 0.463 e. The van der Waals surface area contributed by atoms with Gasteiger partial charge >= 0.3 is 35.8 Å². The van der Waals surface area contributed by atoms with Gasteiger partial charge in [-0.2, -0.15) is 0 Å². The summed E-state index contributed by atoms with van der Waals surface area (Å²) in [6.45, 7) is 3.95. The van der Waals surface area contributed by atoms with Gasteiger partial charge in [0.1, 0.15) is 31.5 Å². The molecule has 9 atom stereocenters. The quantitative estimate of drug-likeness (QED) is 0.195. The van der Waals surface area contributed by atoms with E-state index in [4.69, 9.17) is 42.6 Å². The van der Waals surface area contributed by atoms with Crippen LogP contribution in [0.2, 0.25) is 0 Å². The van der Waals surface area contributed by atoms with Gasteiger partial charge in [-0.3, -0.25) is 28.8 Å². The van der Waals surface area contributed by atoms with Crippen molar-refractivity contribution in [1.29, 1.82) is 0 Å². The number of carbonyl (C=O) groups excluding carboxylic acids is 6. The van der Waals surface area contributed by atoms with E-state index in [0.717, 1.165) is 41.5 Å². The number of ether oxygens (including phenoxy) is 9. The van der Waals surface area contributed by atoms with Crippen molar-refractivity contribution >= 4 is 35.8 Å². The molecule has 0 saturated carbocycles. The molecule has 0 aromatic rings. The molecule has 0 aromatic heterocycles. The maximum atomic E-state index is 12.1. The monoisotopic (exact) mass is 594 g/mol. The third-order valence-corrected chi connectivity index (χ3v) is 5.69. The van der Waals surface area contributed by atoms with Crippen molar-refractivity contribution in [2.24, 2.45) is 0 Å². The minimum atomic E-state index is -2.40. The second-order valence-electron chi connectivity index (χ2n) is 9.14. The summed E-state index contributed by atoms with van der Waals surface area (Å²) in [5.74, 6) is -7.62. The number of aliphatic hydroxyl groups is 2. The molecule has 0 spiro atoms. The molecule has 0 aliphatic carbocycles. The van der Waals surface area contributed by atoms with Gasteiger partial charge in [-0.1, -0.05) is 0 Å². The van der Waals surface area contributed by atoms with E-state index in [2.05, 4.69) is 0 Å². The second kappa shape index (κ2) is 14.5. The summed E-state index contributed by atoms with van der Waals surface area (Å²) in [5.41, 5.74) is 0. The van der Waals surface area contributed by atoms with E-state index in [1.165, 1.54) is 0 Å². The van der Waals surface area contributed by atoms with Crippen LogP contribution < -0.4 is 0 Å². The van der Waals surface area contributed by atoms with Gasteiger partial charge in [-0.15, -0.1) is 0 Å². The molecule has 2 aliphatic rings. The Balaban J connectivity index is 2.65. The molecule has 41 heavy (non-hydrogen) atoms. The van der Waals surface area contributed by atoms with Crippen LogP contribution in [-0.4, -0.2) is 121 Å². The van der Waals surface area contributed by atoms with Crippen LogP contribution in [0.4, 0.5) is 0 Å². The summed E-state index contributed by atoms with van der Waals surface area (Å²) in [6, 6.07) is 0. The van der Waals surface area contributed by atoms with Gasteiger partial charge in [0, 0.05) is 41.5 Å². The lowest BCUT2D eigenvalue weighted by atomic mass is 9.98. The Morgan fingerprint density at radius 1 is 0.683 bits per heavy atom. The van der Waals surface area contributed by atoms with Crippen LogP contribution in [0.15, 0.2) is 0 Å². The van der Waals surface area contributed by atoms with E-state index in [-0.39, 0.29) is 0 Å². The first-order valence-electron chi connectivity index (χ1n) is 12.4. The standard InChI is InChI=1S/C24H34O17/c1-10(26)33-8-17-18(32)20(36-13(4)29)21(37-14(5)30)23(39-17)41-24(9-34-11(2)27)22(38-15(6)31)19(35-12(3)28)16(7-25)40-24/h16-23,25,32H,7-9H2,1-6H3/t16-,17-,18-,19-,20+,21-,22+,23-,24+/m1/s1. The van der Waals surface area contributed by atoms with Gasteiger partial charge in [0.05, 0.1) is 6.61 Å². The van der Waals surface area contributed by atoms with Crippen LogP contribution in [0.3, 0.4) is 0 Å². The predicted octanol–water partition coefficient (Wildman–Crippen LogP) is -1.97. The van der Waals surface area contributed by atoms with Gasteiger partial charge in [-0.05, 0) is 0 Å². The highest BCUT2D eigenvalue weighted by molar-refractivity contribution is 5.69. The van der Waals surface area contributed by atoms with Crippen molar-refractivity contribution in [2.45, 2.75) is 96.3 Å². The van der Waals surface area contributed by atoms with Crippen LogP contribution in [0.5, 0.6) is 0 Å². The average molecular weight is 595 g/mol. The molecule has 17 heteroatoms. The first-order chi connectivity index (χ1) is 19.1. The Morgan fingerprint density at radius 2 is 1.20 bits per heavy atom. The van der Waals surface area contributed by atoms with Crippen molar-refractivity contribution in [2.75, 3.05) is 19.8 Å². The number of esters is 6. The van der Waals surface area contributed by atoms with E-state index in [1.807, 2.05) is 0 Å². The predicted molar refractivity (Wildman–Crippen MR) is 126 cm³/mol. The molecule has 0 radical (unpaired) electrons. The van der Waals surface area contributed by atoms with E-state index >= 15 is 0 Å². The third-order valence-electron chi connectivity index (χ3n) is 5.69. The second-order valence-corrected chi connectivity index (χ2v) is 9.14. The Morgan fingerprint density at radius 3 is 1.68 bits per heavy atom. The Bertz CT molecular complexity index is 997. The molecule has 0 unspecified atom stereocenters. The fraction of sp³-hybridized carbons (Fsp3) is 0.750. The molecule has 2 heterocycles. The number of hydrogen-bond acceptors (Lipinski definition) is 17. The van der Waals surface area contributed by atoms with Crippen LogP contribution in [-0.2, 0) is 71.4 Å². The summed E-state index contributed by atoms with van der Waals surface area (Å²) in [6.07, 6.45) is -13.0. The van der Waals surface area contributed by atoms with Gasteiger partial charge in [0.25, 0.3) is 0 Å². The average Bonchev–Trinajstić information content (AvgIpc) is 3.11. The number of aliphatic hydroxyl groups excluding tert-OH is 2. The molecule has 2 rings (SSSR count). The van der Waals surface area contributed by atoms with E-state index < -0.39 is 110 Å². The van der Waals surface area contributed by atoms with Gasteiger partial charge in [0.2, 0.25) is 12.1 Å². The fourth-order valence-electron chi connectivity index (χ4n) is 4.25. The molecule has 17 nitrogen and oxygen atoms in total. The zero-order valence-corrected chi connectivity index (χ0v) is 23.3. The van der Waals surface area contributed by atoms with Crippen molar-refractivity contribution in [3.8, 4) is 0 Å². The van der Waals surface area contributed by atoms with Crippen LogP contribution in [0.25, 0.3) is 0 Å². The molecule has 2 saturated heterocycles. The number of rotatable bonds is 11. The Kier molecular flexibility index (Phi) is 12.0. The topological polar surface area (TPSA) is 226 Å². The van der Waals surface area contributed by atoms with E-state index in [1.54, 1.807) is 0 Å². The normalized spacial score (nSPS) is 32.8. The molecule has 232 valence electrons. The van der Waals surface area contributed by atoms with Crippen molar-refractivity contribution < 1.29 is 81.6 Å². The number of hydrogen-bond donors (Lipinski definition) is 2. The van der Waals surface area contributed by atoms with Crippen LogP contribution in [0, 0.1) is 0 Å². The van der Waals surface area contributed by atoms with Crippen LogP contribution in [0.1, 0.15) is 41.5 Å². The molecule has 0 amide bonds. The highest BCUT2D eigenvalue weighted by atomic mass is 16.8. The minimum Gasteiger partial charge on any atom is -0.463 e. The molecule has 2 aliphatic heterocycles. The Labute approximate surface area is 234 Å². The summed E-state index contributed by atoms with van der Waals surface area (Å²) in [5, 5.41) is 20.9. The summed E-state index contributed by atoms with van der Waals surface area (Å²) < 4.78 is 48.7. The lowest BCUT2D eigenvalue weighted by molar-refractivity contribution is -0.384. The smallest absolute Gasteiger partial charge is 0.303 e. The lowest BCUT2D eigenvalue weighted by Crippen LogP contribution is -2.65. The van der Waals surface area contributed by atoms with E-state index in [0.29, 0.717) is 0 Å². The maximum absolute atomic E-state index is 12.1. The summed E-state index contributed by atoms with van der Waals surface area (Å²) in [7, 11) is 0. The van der Waals surface area contributed by atoms with Gasteiger partial charge in [0.15, 0.2) is 24.4 Å². The van der Waals surface area contributed by atoms with E-state index in [9.17, 15) is 39.0 Å².